The van der Waals surface area contributed by atoms with Gasteiger partial charge in [-0.3, -0.25) is 4.68 Å². The van der Waals surface area contributed by atoms with Crippen LogP contribution in [0.4, 0.5) is 0 Å². The normalized spacial score (nSPS) is 10.6. The number of aromatic nitrogens is 4. The molecular weight excluding hydrogens is 222 g/mol. The van der Waals surface area contributed by atoms with E-state index >= 15 is 0 Å². The summed E-state index contributed by atoms with van der Waals surface area (Å²) in [7, 11) is 0. The van der Waals surface area contributed by atoms with Crippen LogP contribution in [0.1, 0.15) is 18.3 Å². The molecule has 0 saturated carbocycles. The fourth-order valence-corrected chi connectivity index (χ4v) is 1.69. The van der Waals surface area contributed by atoms with Gasteiger partial charge in [0.1, 0.15) is 4.99 Å². The molecule has 0 radical (unpaired) electrons. The Morgan fingerprint density at radius 2 is 2.38 bits per heavy atom. The lowest BCUT2D eigenvalue weighted by Crippen LogP contribution is -2.17. The van der Waals surface area contributed by atoms with Gasteiger partial charge in [-0.1, -0.05) is 12.2 Å². The first kappa shape index (κ1) is 10.8. The Labute approximate surface area is 98.9 Å². The molecule has 0 unspecified atom stereocenters. The Morgan fingerprint density at radius 1 is 1.56 bits per heavy atom. The quantitative estimate of drug-likeness (QED) is 0.796. The highest BCUT2D eigenvalue weighted by Gasteiger charge is 2.06. The number of imidazole rings is 1. The van der Waals surface area contributed by atoms with Crippen molar-refractivity contribution in [1.29, 1.82) is 0 Å². The molecule has 0 aliphatic rings. The lowest BCUT2D eigenvalue weighted by Gasteiger charge is -2.04. The average molecular weight is 235 g/mol. The van der Waals surface area contributed by atoms with Crippen molar-refractivity contribution < 1.29 is 0 Å². The van der Waals surface area contributed by atoms with Crippen LogP contribution in [-0.2, 0) is 13.1 Å². The van der Waals surface area contributed by atoms with Crippen LogP contribution in [0.3, 0.4) is 0 Å². The first-order valence-electron chi connectivity index (χ1n) is 5.03. The minimum absolute atomic E-state index is 0.313. The third kappa shape index (κ3) is 2.11. The van der Waals surface area contributed by atoms with E-state index in [0.29, 0.717) is 17.4 Å². The van der Waals surface area contributed by atoms with Crippen LogP contribution in [0, 0.1) is 0 Å². The summed E-state index contributed by atoms with van der Waals surface area (Å²) >= 11 is 4.92. The van der Waals surface area contributed by atoms with E-state index < -0.39 is 0 Å². The Bertz CT molecular complexity index is 499. The molecule has 5 nitrogen and oxygen atoms in total. The fraction of sp³-hybridized carbons (Fsp3) is 0.300. The van der Waals surface area contributed by atoms with Gasteiger partial charge in [0.05, 0.1) is 12.7 Å². The van der Waals surface area contributed by atoms with Crippen LogP contribution >= 0.6 is 12.2 Å². The van der Waals surface area contributed by atoms with E-state index in [9.17, 15) is 0 Å². The summed E-state index contributed by atoms with van der Waals surface area (Å²) in [6, 6.07) is 0. The minimum Gasteiger partial charge on any atom is -0.387 e. The molecule has 16 heavy (non-hydrogen) atoms. The minimum atomic E-state index is 0.313. The maximum Gasteiger partial charge on any atom is 0.167 e. The predicted molar refractivity (Wildman–Crippen MR) is 65.1 cm³/mol. The molecule has 0 fully saturated rings. The van der Waals surface area contributed by atoms with Crippen molar-refractivity contribution in [3.63, 3.8) is 0 Å². The summed E-state index contributed by atoms with van der Waals surface area (Å²) in [5, 5.41) is 4.21. The predicted octanol–water partition coefficient (Wildman–Crippen LogP) is 0.782. The molecule has 0 amide bonds. The van der Waals surface area contributed by atoms with Gasteiger partial charge in [0.2, 0.25) is 0 Å². The molecule has 2 rings (SSSR count). The maximum atomic E-state index is 5.57. The summed E-state index contributed by atoms with van der Waals surface area (Å²) in [6.07, 6.45) is 7.40. The van der Waals surface area contributed by atoms with Crippen molar-refractivity contribution in [2.45, 2.75) is 20.0 Å². The second-order valence-electron chi connectivity index (χ2n) is 3.45. The fourth-order valence-electron chi connectivity index (χ4n) is 1.52. The molecule has 2 aromatic rings. The number of nitrogens with zero attached hydrogens (tertiary/aromatic N) is 4. The second-order valence-corrected chi connectivity index (χ2v) is 3.89. The molecule has 0 aromatic carbocycles. The van der Waals surface area contributed by atoms with Crippen molar-refractivity contribution in [3.8, 4) is 0 Å². The van der Waals surface area contributed by atoms with Gasteiger partial charge in [0.25, 0.3) is 0 Å². The molecule has 0 spiro atoms. The molecule has 84 valence electrons. The molecule has 6 heteroatoms. The molecule has 0 atom stereocenters. The van der Waals surface area contributed by atoms with E-state index in [0.717, 1.165) is 12.1 Å². The molecule has 0 aliphatic heterocycles. The zero-order valence-electron chi connectivity index (χ0n) is 9.00. The third-order valence-electron chi connectivity index (χ3n) is 2.30. The zero-order valence-corrected chi connectivity index (χ0v) is 9.81. The third-order valence-corrected chi connectivity index (χ3v) is 2.48. The first-order valence-corrected chi connectivity index (χ1v) is 5.43. The topological polar surface area (TPSA) is 61.7 Å². The molecule has 0 bridgehead atoms. The Kier molecular flexibility index (Phi) is 3.00. The highest BCUT2D eigenvalue weighted by Crippen LogP contribution is 2.05. The number of thiocarbonyl (C=S) groups is 1. The number of nitrogens with two attached hydrogens (primary N) is 1. The number of hydrogen-bond acceptors (Lipinski definition) is 3. The van der Waals surface area contributed by atoms with E-state index in [1.54, 1.807) is 6.20 Å². The number of rotatable bonds is 4. The summed E-state index contributed by atoms with van der Waals surface area (Å²) in [6.45, 7) is 3.60. The van der Waals surface area contributed by atoms with Gasteiger partial charge in [0, 0.05) is 30.7 Å². The Morgan fingerprint density at radius 3 is 3.00 bits per heavy atom. The number of aryl methyl sites for hydroxylation is 1. The van der Waals surface area contributed by atoms with Gasteiger partial charge >= 0.3 is 0 Å². The highest BCUT2D eigenvalue weighted by atomic mass is 32.1. The van der Waals surface area contributed by atoms with Gasteiger partial charge in [0.15, 0.2) is 5.82 Å². The van der Waals surface area contributed by atoms with Crippen LogP contribution in [0.5, 0.6) is 0 Å². The van der Waals surface area contributed by atoms with E-state index in [4.69, 9.17) is 18.0 Å². The monoisotopic (exact) mass is 235 g/mol. The SMILES string of the molecule is CCn1cc(Cn2ccnc2C(N)=S)cn1. The molecule has 0 saturated heterocycles. The Hall–Kier alpha value is -1.69. The van der Waals surface area contributed by atoms with Gasteiger partial charge < -0.3 is 10.3 Å². The maximum absolute atomic E-state index is 5.57. The molecule has 2 aromatic heterocycles. The second kappa shape index (κ2) is 4.44. The summed E-state index contributed by atoms with van der Waals surface area (Å²) in [5.41, 5.74) is 6.68. The zero-order chi connectivity index (χ0) is 11.5. The smallest absolute Gasteiger partial charge is 0.167 e. The molecule has 0 aliphatic carbocycles. The van der Waals surface area contributed by atoms with Crippen molar-refractivity contribution in [2.24, 2.45) is 5.73 Å². The van der Waals surface area contributed by atoms with Crippen LogP contribution in [0.25, 0.3) is 0 Å². The van der Waals surface area contributed by atoms with E-state index in [-0.39, 0.29) is 0 Å². The molecule has 2 heterocycles. The van der Waals surface area contributed by atoms with Gasteiger partial charge in [-0.05, 0) is 6.92 Å². The lowest BCUT2D eigenvalue weighted by atomic mass is 10.3. The lowest BCUT2D eigenvalue weighted by molar-refractivity contribution is 0.658. The van der Waals surface area contributed by atoms with Gasteiger partial charge in [-0.25, -0.2) is 4.98 Å². The summed E-state index contributed by atoms with van der Waals surface area (Å²) in [5.74, 6) is 0.638. The average Bonchev–Trinajstić information content (AvgIpc) is 2.87. The van der Waals surface area contributed by atoms with Crippen molar-refractivity contribution in [1.82, 2.24) is 19.3 Å². The van der Waals surface area contributed by atoms with Crippen LogP contribution in [0.15, 0.2) is 24.8 Å². The highest BCUT2D eigenvalue weighted by molar-refractivity contribution is 7.80. The standard InChI is InChI=1S/C10H13N5S/c1-2-15-7-8(5-13-15)6-14-4-3-12-10(14)9(11)16/h3-5,7H,2,6H2,1H3,(H2,11,16). The number of hydrogen-bond donors (Lipinski definition) is 1. The van der Waals surface area contributed by atoms with E-state index in [1.807, 2.05) is 27.8 Å². The van der Waals surface area contributed by atoms with E-state index in [1.165, 1.54) is 0 Å². The summed E-state index contributed by atoms with van der Waals surface area (Å²) in [4.78, 5) is 4.42. The first-order chi connectivity index (χ1) is 7.70. The largest absolute Gasteiger partial charge is 0.387 e. The van der Waals surface area contributed by atoms with Crippen LogP contribution < -0.4 is 5.73 Å². The van der Waals surface area contributed by atoms with Crippen LogP contribution in [0.2, 0.25) is 0 Å². The summed E-state index contributed by atoms with van der Waals surface area (Å²) < 4.78 is 3.80. The van der Waals surface area contributed by atoms with Crippen molar-refractivity contribution in [3.05, 3.63) is 36.2 Å². The van der Waals surface area contributed by atoms with Crippen LogP contribution in [-0.4, -0.2) is 24.3 Å². The Balaban J connectivity index is 2.20. The molecular formula is C10H13N5S. The van der Waals surface area contributed by atoms with Gasteiger partial charge in [-0.15, -0.1) is 0 Å². The van der Waals surface area contributed by atoms with E-state index in [2.05, 4.69) is 17.0 Å². The van der Waals surface area contributed by atoms with Crippen molar-refractivity contribution in [2.75, 3.05) is 0 Å². The molecule has 2 N–H and O–H groups in total. The van der Waals surface area contributed by atoms with Gasteiger partial charge in [-0.2, -0.15) is 5.10 Å². The van der Waals surface area contributed by atoms with Crippen molar-refractivity contribution >= 4 is 17.2 Å².